The van der Waals surface area contributed by atoms with Crippen LogP contribution < -0.4 is 9.80 Å². The average Bonchev–Trinajstić information content (AvgIpc) is 2.84. The van der Waals surface area contributed by atoms with Crippen LogP contribution in [0.1, 0.15) is 38.7 Å². The van der Waals surface area contributed by atoms with E-state index in [0.29, 0.717) is 37.0 Å². The van der Waals surface area contributed by atoms with Gasteiger partial charge in [0.05, 0.1) is 10.8 Å². The maximum absolute atomic E-state index is 13.5. The number of hydrogen-bond acceptors (Lipinski definition) is 6. The van der Waals surface area contributed by atoms with Crippen molar-refractivity contribution in [2.24, 2.45) is 5.92 Å². The zero-order valence-electron chi connectivity index (χ0n) is 18.8. The van der Waals surface area contributed by atoms with E-state index in [-0.39, 0.29) is 11.8 Å². The molecule has 1 aromatic heterocycles. The number of piperidine rings is 1. The van der Waals surface area contributed by atoms with Crippen LogP contribution in [0.25, 0.3) is 0 Å². The zero-order chi connectivity index (χ0) is 22.7. The number of carbonyl (C=O) groups excluding carboxylic acids is 1. The minimum Gasteiger partial charge on any atom is -0.340 e. The summed E-state index contributed by atoms with van der Waals surface area (Å²) >= 11 is 0. The molecule has 0 radical (unpaired) electrons. The number of amides is 1. The number of aromatic nitrogens is 2. The van der Waals surface area contributed by atoms with Gasteiger partial charge in [-0.05, 0) is 55.5 Å². The SMILES string of the molecule is CCN(CC)S(=O)(=O)c1ccc2c(c1)CCCN2C(=O)C1CCCN(c2ncccn2)C1. The van der Waals surface area contributed by atoms with E-state index in [2.05, 4.69) is 14.9 Å². The smallest absolute Gasteiger partial charge is 0.243 e. The topological polar surface area (TPSA) is 86.7 Å². The first-order chi connectivity index (χ1) is 15.5. The molecule has 0 aliphatic carbocycles. The molecular formula is C23H31N5O3S. The molecule has 1 amide bonds. The maximum atomic E-state index is 13.5. The number of nitrogens with zero attached hydrogens (tertiary/aromatic N) is 5. The van der Waals surface area contributed by atoms with Gasteiger partial charge in [0.2, 0.25) is 21.9 Å². The Morgan fingerprint density at radius 2 is 1.88 bits per heavy atom. The van der Waals surface area contributed by atoms with Gasteiger partial charge in [0.25, 0.3) is 0 Å². The van der Waals surface area contributed by atoms with Gasteiger partial charge in [0.1, 0.15) is 0 Å². The van der Waals surface area contributed by atoms with Gasteiger partial charge in [-0.25, -0.2) is 18.4 Å². The lowest BCUT2D eigenvalue weighted by Gasteiger charge is -2.37. The Balaban J connectivity index is 1.56. The number of aryl methyl sites for hydroxylation is 1. The number of anilines is 2. The van der Waals surface area contributed by atoms with E-state index in [1.807, 2.05) is 24.8 Å². The van der Waals surface area contributed by atoms with Crippen molar-refractivity contribution < 1.29 is 13.2 Å². The van der Waals surface area contributed by atoms with Crippen molar-refractivity contribution >= 4 is 27.6 Å². The van der Waals surface area contributed by atoms with Crippen LogP contribution in [0.2, 0.25) is 0 Å². The van der Waals surface area contributed by atoms with Crippen molar-refractivity contribution in [1.82, 2.24) is 14.3 Å². The van der Waals surface area contributed by atoms with Crippen LogP contribution in [0, 0.1) is 5.92 Å². The fourth-order valence-corrected chi connectivity index (χ4v) is 6.22. The summed E-state index contributed by atoms with van der Waals surface area (Å²) in [7, 11) is -3.52. The summed E-state index contributed by atoms with van der Waals surface area (Å²) in [6.45, 7) is 6.65. The highest BCUT2D eigenvalue weighted by Gasteiger charge is 2.33. The van der Waals surface area contributed by atoms with E-state index in [0.717, 1.165) is 43.5 Å². The van der Waals surface area contributed by atoms with Crippen LogP contribution >= 0.6 is 0 Å². The van der Waals surface area contributed by atoms with E-state index < -0.39 is 10.0 Å². The Labute approximate surface area is 190 Å². The highest BCUT2D eigenvalue weighted by Crippen LogP contribution is 2.33. The van der Waals surface area contributed by atoms with Crippen LogP contribution in [0.15, 0.2) is 41.6 Å². The van der Waals surface area contributed by atoms with E-state index in [1.165, 1.54) is 4.31 Å². The summed E-state index contributed by atoms with van der Waals surface area (Å²) in [6, 6.07) is 7.00. The molecule has 1 saturated heterocycles. The first-order valence-corrected chi connectivity index (χ1v) is 12.9. The Morgan fingerprint density at radius 1 is 1.12 bits per heavy atom. The van der Waals surface area contributed by atoms with Crippen molar-refractivity contribution in [3.63, 3.8) is 0 Å². The van der Waals surface area contributed by atoms with Gasteiger partial charge in [-0.2, -0.15) is 4.31 Å². The summed E-state index contributed by atoms with van der Waals surface area (Å²) in [6.07, 6.45) is 6.79. The fourth-order valence-electron chi connectivity index (χ4n) is 4.71. The molecule has 9 heteroatoms. The molecule has 8 nitrogen and oxygen atoms in total. The molecule has 2 aliphatic rings. The average molecular weight is 458 g/mol. The van der Waals surface area contributed by atoms with E-state index >= 15 is 0 Å². The van der Waals surface area contributed by atoms with Crippen LogP contribution in [0.4, 0.5) is 11.6 Å². The summed E-state index contributed by atoms with van der Waals surface area (Å²) < 4.78 is 27.3. The van der Waals surface area contributed by atoms with Gasteiger partial charge in [-0.15, -0.1) is 0 Å². The van der Waals surface area contributed by atoms with Crippen molar-refractivity contribution in [3.8, 4) is 0 Å². The van der Waals surface area contributed by atoms with Crippen LogP contribution in [-0.4, -0.2) is 61.3 Å². The highest BCUT2D eigenvalue weighted by molar-refractivity contribution is 7.89. The van der Waals surface area contributed by atoms with Crippen LogP contribution in [0.5, 0.6) is 0 Å². The van der Waals surface area contributed by atoms with E-state index in [1.54, 1.807) is 30.6 Å². The summed E-state index contributed by atoms with van der Waals surface area (Å²) in [4.78, 5) is 26.4. The minimum atomic E-state index is -3.52. The molecule has 4 rings (SSSR count). The molecule has 1 atom stereocenters. The third-order valence-corrected chi connectivity index (χ3v) is 8.43. The van der Waals surface area contributed by atoms with Crippen LogP contribution in [-0.2, 0) is 21.2 Å². The van der Waals surface area contributed by atoms with Crippen molar-refractivity contribution in [1.29, 1.82) is 0 Å². The Bertz CT molecular complexity index is 1060. The molecule has 0 bridgehead atoms. The quantitative estimate of drug-likeness (QED) is 0.663. The molecular weight excluding hydrogens is 426 g/mol. The number of hydrogen-bond donors (Lipinski definition) is 0. The molecule has 0 spiro atoms. The summed E-state index contributed by atoms with van der Waals surface area (Å²) in [5.74, 6) is 0.638. The van der Waals surface area contributed by atoms with Crippen molar-refractivity contribution in [2.45, 2.75) is 44.4 Å². The monoisotopic (exact) mass is 457 g/mol. The number of rotatable bonds is 6. The first-order valence-electron chi connectivity index (χ1n) is 11.4. The number of carbonyl (C=O) groups is 1. The highest BCUT2D eigenvalue weighted by atomic mass is 32.2. The second kappa shape index (κ2) is 9.54. The van der Waals surface area contributed by atoms with Gasteiger partial charge in [-0.1, -0.05) is 13.8 Å². The molecule has 2 aromatic rings. The summed E-state index contributed by atoms with van der Waals surface area (Å²) in [5, 5.41) is 0. The Kier molecular flexibility index (Phi) is 6.76. The molecule has 2 aliphatic heterocycles. The van der Waals surface area contributed by atoms with Crippen molar-refractivity contribution in [3.05, 3.63) is 42.2 Å². The van der Waals surface area contributed by atoms with E-state index in [9.17, 15) is 13.2 Å². The molecule has 1 fully saturated rings. The lowest BCUT2D eigenvalue weighted by molar-refractivity contribution is -0.122. The van der Waals surface area contributed by atoms with Crippen molar-refractivity contribution in [2.75, 3.05) is 42.5 Å². The molecule has 0 saturated carbocycles. The standard InChI is InChI=1S/C23H31N5O3S/c1-3-27(4-2)32(30,31)20-10-11-21-18(16-20)8-6-15-28(21)22(29)19-9-5-14-26(17-19)23-24-12-7-13-25-23/h7,10-13,16,19H,3-6,8-9,14-15,17H2,1-2H3. The molecule has 32 heavy (non-hydrogen) atoms. The molecule has 1 aromatic carbocycles. The lowest BCUT2D eigenvalue weighted by Crippen LogP contribution is -2.47. The van der Waals surface area contributed by atoms with E-state index in [4.69, 9.17) is 0 Å². The molecule has 172 valence electrons. The van der Waals surface area contributed by atoms with Gasteiger partial charge in [0.15, 0.2) is 0 Å². The second-order valence-corrected chi connectivity index (χ2v) is 10.2. The number of sulfonamides is 1. The Morgan fingerprint density at radius 3 is 2.59 bits per heavy atom. The number of benzene rings is 1. The van der Waals surface area contributed by atoms with Gasteiger partial charge in [-0.3, -0.25) is 4.79 Å². The van der Waals surface area contributed by atoms with Gasteiger partial charge >= 0.3 is 0 Å². The van der Waals surface area contributed by atoms with Crippen LogP contribution in [0.3, 0.4) is 0 Å². The predicted molar refractivity (Wildman–Crippen MR) is 124 cm³/mol. The summed E-state index contributed by atoms with van der Waals surface area (Å²) in [5.41, 5.74) is 1.77. The normalized spacial score (nSPS) is 19.2. The van der Waals surface area contributed by atoms with Gasteiger partial charge < -0.3 is 9.80 Å². The zero-order valence-corrected chi connectivity index (χ0v) is 19.6. The second-order valence-electron chi connectivity index (χ2n) is 8.31. The minimum absolute atomic E-state index is 0.103. The predicted octanol–water partition coefficient (Wildman–Crippen LogP) is 2.70. The Hall–Kier alpha value is -2.52. The largest absolute Gasteiger partial charge is 0.340 e. The first kappa shape index (κ1) is 22.7. The fraction of sp³-hybridized carbons (Fsp3) is 0.522. The molecule has 3 heterocycles. The van der Waals surface area contributed by atoms with Gasteiger partial charge in [0, 0.05) is 50.8 Å². The third kappa shape index (κ3) is 4.36. The third-order valence-electron chi connectivity index (χ3n) is 6.38. The lowest BCUT2D eigenvalue weighted by atomic mass is 9.94. The maximum Gasteiger partial charge on any atom is 0.243 e. The number of fused-ring (bicyclic) bond motifs is 1. The molecule has 1 unspecified atom stereocenters. The molecule has 0 N–H and O–H groups in total.